The van der Waals surface area contributed by atoms with Gasteiger partial charge in [-0.05, 0) is 35.5 Å². The Morgan fingerprint density at radius 3 is 2.33 bits per heavy atom. The van der Waals surface area contributed by atoms with Crippen LogP contribution in [0.5, 0.6) is 0 Å². The molecule has 4 heteroatoms. The van der Waals surface area contributed by atoms with E-state index in [0.717, 1.165) is 31.5 Å². The van der Waals surface area contributed by atoms with E-state index in [0.29, 0.717) is 13.0 Å². The molecule has 1 fully saturated rings. The van der Waals surface area contributed by atoms with E-state index in [1.165, 1.54) is 11.6 Å². The lowest BCUT2D eigenvalue weighted by Gasteiger charge is -2.18. The molecule has 0 unspecified atom stereocenters. The molecule has 1 saturated heterocycles. The smallest absolute Gasteiger partial charge is 0.244 e. The van der Waals surface area contributed by atoms with Crippen LogP contribution in [0.4, 0.5) is 0 Å². The molecule has 0 spiro atoms. The third-order valence-electron chi connectivity index (χ3n) is 4.30. The summed E-state index contributed by atoms with van der Waals surface area (Å²) in [5, 5.41) is 2.77. The van der Waals surface area contributed by atoms with Crippen LogP contribution in [0.15, 0.2) is 30.3 Å². The summed E-state index contributed by atoms with van der Waals surface area (Å²) in [5.41, 5.74) is 2.39. The van der Waals surface area contributed by atoms with E-state index < -0.39 is 0 Å². The number of hydrogen-bond donors (Lipinski definition) is 1. The van der Waals surface area contributed by atoms with E-state index in [1.54, 1.807) is 6.08 Å². The standard InChI is InChI=1S/C20H28N2O2/c1-20(2,3)17-9-6-16(7-10-17)8-11-18(23)21-13-12-19(24)22-14-4-5-15-22/h6-11H,4-5,12-15H2,1-3H3,(H,21,23)/b11-8+. The minimum atomic E-state index is -0.163. The molecule has 1 aromatic carbocycles. The van der Waals surface area contributed by atoms with Gasteiger partial charge in [0.1, 0.15) is 0 Å². The number of rotatable bonds is 5. The minimum absolute atomic E-state index is 0.126. The van der Waals surface area contributed by atoms with Crippen LogP contribution in [0.2, 0.25) is 0 Å². The highest BCUT2D eigenvalue weighted by Gasteiger charge is 2.17. The van der Waals surface area contributed by atoms with Crippen LogP contribution in [-0.2, 0) is 15.0 Å². The second kappa shape index (κ2) is 8.13. The van der Waals surface area contributed by atoms with Crippen LogP contribution >= 0.6 is 0 Å². The zero-order valence-corrected chi connectivity index (χ0v) is 15.0. The summed E-state index contributed by atoms with van der Waals surface area (Å²) in [5.74, 6) is -0.0290. The molecule has 1 aliphatic heterocycles. The Morgan fingerprint density at radius 2 is 1.75 bits per heavy atom. The van der Waals surface area contributed by atoms with Gasteiger partial charge in [0.15, 0.2) is 0 Å². The largest absolute Gasteiger partial charge is 0.352 e. The molecule has 2 rings (SSSR count). The molecule has 1 aromatic rings. The topological polar surface area (TPSA) is 49.4 Å². The average Bonchev–Trinajstić information content (AvgIpc) is 3.07. The molecule has 0 radical (unpaired) electrons. The lowest BCUT2D eigenvalue weighted by Crippen LogP contribution is -2.32. The molecule has 4 nitrogen and oxygen atoms in total. The molecule has 2 amide bonds. The monoisotopic (exact) mass is 328 g/mol. The van der Waals surface area contributed by atoms with Crippen molar-refractivity contribution in [2.45, 2.75) is 45.4 Å². The quantitative estimate of drug-likeness (QED) is 0.844. The van der Waals surface area contributed by atoms with E-state index in [9.17, 15) is 9.59 Å². The van der Waals surface area contributed by atoms with Crippen LogP contribution in [-0.4, -0.2) is 36.3 Å². The lowest BCUT2D eigenvalue weighted by molar-refractivity contribution is -0.130. The van der Waals surface area contributed by atoms with E-state index >= 15 is 0 Å². The normalized spacial score (nSPS) is 15.0. The molecular weight excluding hydrogens is 300 g/mol. The lowest BCUT2D eigenvalue weighted by atomic mass is 9.87. The number of nitrogens with one attached hydrogen (secondary N) is 1. The first-order valence-electron chi connectivity index (χ1n) is 8.70. The number of likely N-dealkylation sites (tertiary alicyclic amines) is 1. The summed E-state index contributed by atoms with van der Waals surface area (Å²) < 4.78 is 0. The van der Waals surface area contributed by atoms with Crippen molar-refractivity contribution in [3.63, 3.8) is 0 Å². The van der Waals surface area contributed by atoms with Gasteiger partial charge in [-0.3, -0.25) is 9.59 Å². The van der Waals surface area contributed by atoms with Gasteiger partial charge in [-0.15, -0.1) is 0 Å². The van der Waals surface area contributed by atoms with Gasteiger partial charge < -0.3 is 10.2 Å². The van der Waals surface area contributed by atoms with Gasteiger partial charge in [-0.1, -0.05) is 45.0 Å². The van der Waals surface area contributed by atoms with Crippen molar-refractivity contribution in [1.29, 1.82) is 0 Å². The highest BCUT2D eigenvalue weighted by atomic mass is 16.2. The van der Waals surface area contributed by atoms with E-state index in [-0.39, 0.29) is 17.2 Å². The summed E-state index contributed by atoms with van der Waals surface area (Å²) in [6.45, 7) is 8.63. The van der Waals surface area contributed by atoms with Gasteiger partial charge >= 0.3 is 0 Å². The summed E-state index contributed by atoms with van der Waals surface area (Å²) in [7, 11) is 0. The fourth-order valence-electron chi connectivity index (χ4n) is 2.74. The molecule has 0 atom stereocenters. The van der Waals surface area contributed by atoms with Gasteiger partial charge in [-0.2, -0.15) is 0 Å². The zero-order valence-electron chi connectivity index (χ0n) is 15.0. The molecule has 0 bridgehead atoms. The van der Waals surface area contributed by atoms with Crippen LogP contribution < -0.4 is 5.32 Å². The molecule has 0 aliphatic carbocycles. The predicted octanol–water partition coefficient (Wildman–Crippen LogP) is 3.13. The van der Waals surface area contributed by atoms with Crippen molar-refractivity contribution >= 4 is 17.9 Å². The van der Waals surface area contributed by atoms with Crippen molar-refractivity contribution in [1.82, 2.24) is 10.2 Å². The van der Waals surface area contributed by atoms with Gasteiger partial charge in [0.2, 0.25) is 11.8 Å². The first-order chi connectivity index (χ1) is 11.4. The van der Waals surface area contributed by atoms with E-state index in [4.69, 9.17) is 0 Å². The Morgan fingerprint density at radius 1 is 1.12 bits per heavy atom. The highest BCUT2D eigenvalue weighted by molar-refractivity contribution is 5.92. The average molecular weight is 328 g/mol. The Kier molecular flexibility index (Phi) is 6.18. The first-order valence-corrected chi connectivity index (χ1v) is 8.70. The second-order valence-corrected chi connectivity index (χ2v) is 7.33. The van der Waals surface area contributed by atoms with Crippen molar-refractivity contribution in [2.75, 3.05) is 19.6 Å². The number of amides is 2. The highest BCUT2D eigenvalue weighted by Crippen LogP contribution is 2.22. The van der Waals surface area contributed by atoms with Crippen molar-refractivity contribution in [3.05, 3.63) is 41.5 Å². The van der Waals surface area contributed by atoms with Gasteiger partial charge in [0.05, 0.1) is 0 Å². The summed E-state index contributed by atoms with van der Waals surface area (Å²) in [6, 6.07) is 8.21. The summed E-state index contributed by atoms with van der Waals surface area (Å²) in [6.07, 6.45) is 5.88. The molecule has 24 heavy (non-hydrogen) atoms. The number of benzene rings is 1. The Labute approximate surface area is 144 Å². The van der Waals surface area contributed by atoms with Gasteiger partial charge in [0, 0.05) is 32.1 Å². The zero-order chi connectivity index (χ0) is 17.6. The molecular formula is C20H28N2O2. The van der Waals surface area contributed by atoms with E-state index in [1.807, 2.05) is 17.0 Å². The Bertz CT molecular complexity index is 591. The maximum Gasteiger partial charge on any atom is 0.244 e. The summed E-state index contributed by atoms with van der Waals surface area (Å²) >= 11 is 0. The van der Waals surface area contributed by atoms with Gasteiger partial charge in [0.25, 0.3) is 0 Å². The van der Waals surface area contributed by atoms with E-state index in [2.05, 4.69) is 38.2 Å². The molecule has 1 heterocycles. The fourth-order valence-corrected chi connectivity index (χ4v) is 2.74. The van der Waals surface area contributed by atoms with Crippen molar-refractivity contribution in [2.24, 2.45) is 0 Å². The van der Waals surface area contributed by atoms with Gasteiger partial charge in [-0.25, -0.2) is 0 Å². The van der Waals surface area contributed by atoms with Crippen molar-refractivity contribution in [3.8, 4) is 0 Å². The molecule has 1 aliphatic rings. The van der Waals surface area contributed by atoms with Crippen LogP contribution in [0.25, 0.3) is 6.08 Å². The van der Waals surface area contributed by atoms with Crippen LogP contribution in [0, 0.1) is 0 Å². The Balaban J connectivity index is 1.75. The third kappa shape index (κ3) is 5.52. The first kappa shape index (κ1) is 18.2. The predicted molar refractivity (Wildman–Crippen MR) is 97.6 cm³/mol. The number of carbonyl (C=O) groups is 2. The molecule has 1 N–H and O–H groups in total. The number of carbonyl (C=O) groups excluding carboxylic acids is 2. The molecule has 0 aromatic heterocycles. The maximum atomic E-state index is 11.9. The van der Waals surface area contributed by atoms with Crippen LogP contribution in [0.1, 0.15) is 51.2 Å². The second-order valence-electron chi connectivity index (χ2n) is 7.33. The minimum Gasteiger partial charge on any atom is -0.352 e. The SMILES string of the molecule is CC(C)(C)c1ccc(/C=C/C(=O)NCCC(=O)N2CCCC2)cc1. The fraction of sp³-hybridized carbons (Fsp3) is 0.500. The molecule has 130 valence electrons. The Hall–Kier alpha value is -2.10. The van der Waals surface area contributed by atoms with Crippen LogP contribution in [0.3, 0.4) is 0 Å². The maximum absolute atomic E-state index is 11.9. The van der Waals surface area contributed by atoms with Crippen molar-refractivity contribution < 1.29 is 9.59 Å². The third-order valence-corrected chi connectivity index (χ3v) is 4.30. The molecule has 0 saturated carbocycles. The summed E-state index contributed by atoms with van der Waals surface area (Å²) in [4.78, 5) is 25.6. The number of nitrogens with zero attached hydrogens (tertiary/aromatic N) is 1. The number of hydrogen-bond acceptors (Lipinski definition) is 2.